The van der Waals surface area contributed by atoms with E-state index >= 15 is 0 Å². The Bertz CT molecular complexity index is 1010. The molecule has 168 valence electrons. The monoisotopic (exact) mass is 525 g/mol. The van der Waals surface area contributed by atoms with Crippen molar-refractivity contribution < 1.29 is 27.1 Å². The second kappa shape index (κ2) is 8.87. The van der Waals surface area contributed by atoms with E-state index in [-0.39, 0.29) is 29.5 Å². The minimum atomic E-state index is -4.81. The number of nitrogens with one attached hydrogen (secondary N) is 2. The number of benzene rings is 1. The first kappa shape index (κ1) is 24.7. The molecular weight excluding hydrogens is 510 g/mol. The topological polar surface area (TPSA) is 102 Å². The van der Waals surface area contributed by atoms with Crippen molar-refractivity contribution in [2.24, 2.45) is 5.73 Å². The number of alkyl halides is 3. The van der Waals surface area contributed by atoms with Crippen LogP contribution in [0.2, 0.25) is 0 Å². The van der Waals surface area contributed by atoms with Gasteiger partial charge in [-0.05, 0) is 48.0 Å². The lowest BCUT2D eigenvalue weighted by Crippen LogP contribution is -2.50. The summed E-state index contributed by atoms with van der Waals surface area (Å²) in [6.07, 6.45) is -2.04. The van der Waals surface area contributed by atoms with E-state index in [2.05, 4.69) is 36.5 Å². The molecule has 0 radical (unpaired) electrons. The summed E-state index contributed by atoms with van der Waals surface area (Å²) < 4.78 is 59.5. The molecule has 3 rings (SSSR count). The summed E-state index contributed by atoms with van der Waals surface area (Å²) in [5.41, 5.74) is 4.12. The highest BCUT2D eigenvalue weighted by atomic mass is 79.9. The molecular formula is C18H17BrClF4N5O2. The summed E-state index contributed by atoms with van der Waals surface area (Å²) in [6, 6.07) is 2.59. The van der Waals surface area contributed by atoms with Gasteiger partial charge in [0.25, 0.3) is 5.91 Å². The molecule has 1 unspecified atom stereocenters. The van der Waals surface area contributed by atoms with E-state index in [0.717, 1.165) is 6.07 Å². The first-order valence-corrected chi connectivity index (χ1v) is 9.28. The van der Waals surface area contributed by atoms with Gasteiger partial charge in [0.1, 0.15) is 17.2 Å². The molecule has 31 heavy (non-hydrogen) atoms. The zero-order chi connectivity index (χ0) is 22.3. The SMILES string of the molecule is CC1(C)OC(C(F)(F)F)=C(N)NC1c1cc(NC(=O)c2ncc(Br)cn2)ccc1F.Cl. The molecule has 0 spiro atoms. The highest BCUT2D eigenvalue weighted by Crippen LogP contribution is 2.41. The normalized spacial score (nSPS) is 17.8. The lowest BCUT2D eigenvalue weighted by molar-refractivity contribution is -0.166. The molecule has 0 fully saturated rings. The van der Waals surface area contributed by atoms with Gasteiger partial charge < -0.3 is 21.1 Å². The smallest absolute Gasteiger partial charge is 0.452 e. The Balaban J connectivity index is 0.00000341. The third kappa shape index (κ3) is 5.37. The summed E-state index contributed by atoms with van der Waals surface area (Å²) >= 11 is 3.15. The lowest BCUT2D eigenvalue weighted by atomic mass is 9.89. The highest BCUT2D eigenvalue weighted by Gasteiger charge is 2.48. The van der Waals surface area contributed by atoms with Gasteiger partial charge in [0, 0.05) is 23.6 Å². The van der Waals surface area contributed by atoms with Crippen molar-refractivity contribution >= 4 is 39.9 Å². The quantitative estimate of drug-likeness (QED) is 0.519. The molecule has 1 aromatic carbocycles. The van der Waals surface area contributed by atoms with Crippen molar-refractivity contribution in [1.29, 1.82) is 0 Å². The van der Waals surface area contributed by atoms with Gasteiger partial charge in [-0.1, -0.05) is 0 Å². The van der Waals surface area contributed by atoms with Crippen LogP contribution in [0.15, 0.2) is 46.6 Å². The number of halogens is 6. The fourth-order valence-electron chi connectivity index (χ4n) is 2.89. The van der Waals surface area contributed by atoms with Gasteiger partial charge in [0.15, 0.2) is 0 Å². The molecule has 0 bridgehead atoms. The summed E-state index contributed by atoms with van der Waals surface area (Å²) in [6.45, 7) is 2.73. The van der Waals surface area contributed by atoms with Crippen LogP contribution in [-0.2, 0) is 4.74 Å². The van der Waals surface area contributed by atoms with Crippen molar-refractivity contribution in [3.8, 4) is 0 Å². The first-order valence-electron chi connectivity index (χ1n) is 8.49. The Morgan fingerprint density at radius 2 is 1.90 bits per heavy atom. The summed E-state index contributed by atoms with van der Waals surface area (Å²) in [5, 5.41) is 4.99. The third-order valence-electron chi connectivity index (χ3n) is 4.25. The van der Waals surface area contributed by atoms with E-state index in [1.807, 2.05) is 0 Å². The highest BCUT2D eigenvalue weighted by molar-refractivity contribution is 9.10. The number of rotatable bonds is 3. The number of aromatic nitrogens is 2. The predicted molar refractivity (Wildman–Crippen MR) is 110 cm³/mol. The van der Waals surface area contributed by atoms with Crippen LogP contribution in [0.5, 0.6) is 0 Å². The van der Waals surface area contributed by atoms with Gasteiger partial charge in [-0.15, -0.1) is 12.4 Å². The van der Waals surface area contributed by atoms with E-state index in [1.165, 1.54) is 38.4 Å². The van der Waals surface area contributed by atoms with Crippen LogP contribution in [0.1, 0.15) is 36.1 Å². The molecule has 13 heteroatoms. The molecule has 1 atom stereocenters. The average Bonchev–Trinajstić information content (AvgIpc) is 2.64. The summed E-state index contributed by atoms with van der Waals surface area (Å²) in [5.74, 6) is -3.62. The van der Waals surface area contributed by atoms with Crippen LogP contribution in [-0.4, -0.2) is 27.7 Å². The minimum absolute atomic E-state index is 0. The van der Waals surface area contributed by atoms with E-state index in [1.54, 1.807) is 0 Å². The molecule has 2 heterocycles. The molecule has 2 aromatic rings. The van der Waals surface area contributed by atoms with Crippen molar-refractivity contribution in [3.63, 3.8) is 0 Å². The summed E-state index contributed by atoms with van der Waals surface area (Å²) in [7, 11) is 0. The van der Waals surface area contributed by atoms with Gasteiger partial charge in [-0.2, -0.15) is 13.2 Å². The number of carbonyl (C=O) groups excluding carboxylic acids is 1. The average molecular weight is 527 g/mol. The van der Waals surface area contributed by atoms with E-state index in [0.29, 0.717) is 4.47 Å². The second-order valence-corrected chi connectivity index (χ2v) is 7.85. The molecule has 0 saturated heterocycles. The van der Waals surface area contributed by atoms with E-state index in [4.69, 9.17) is 10.5 Å². The fraction of sp³-hybridized carbons (Fsp3) is 0.278. The number of carbonyl (C=O) groups is 1. The van der Waals surface area contributed by atoms with Gasteiger partial charge >= 0.3 is 6.18 Å². The number of hydrogen-bond donors (Lipinski definition) is 3. The Morgan fingerprint density at radius 1 is 1.29 bits per heavy atom. The maximum atomic E-state index is 14.5. The van der Waals surface area contributed by atoms with Crippen LogP contribution in [0.3, 0.4) is 0 Å². The Kier molecular flexibility index (Phi) is 7.06. The minimum Gasteiger partial charge on any atom is -0.478 e. The zero-order valence-corrected chi connectivity index (χ0v) is 18.5. The molecule has 7 nitrogen and oxygen atoms in total. The number of amides is 1. The number of hydrogen-bond acceptors (Lipinski definition) is 6. The van der Waals surface area contributed by atoms with Crippen LogP contribution < -0.4 is 16.4 Å². The lowest BCUT2D eigenvalue weighted by Gasteiger charge is -2.41. The number of anilines is 1. The molecule has 1 aliphatic rings. The zero-order valence-electron chi connectivity index (χ0n) is 16.1. The van der Waals surface area contributed by atoms with Gasteiger partial charge in [-0.3, -0.25) is 4.79 Å². The largest absolute Gasteiger partial charge is 0.478 e. The summed E-state index contributed by atoms with van der Waals surface area (Å²) in [4.78, 5) is 20.0. The van der Waals surface area contributed by atoms with Crippen molar-refractivity contribution in [2.75, 3.05) is 5.32 Å². The maximum Gasteiger partial charge on any atom is 0.452 e. The second-order valence-electron chi connectivity index (χ2n) is 6.94. The van der Waals surface area contributed by atoms with Gasteiger partial charge in [0.05, 0.1) is 10.5 Å². The van der Waals surface area contributed by atoms with Crippen molar-refractivity contribution in [2.45, 2.75) is 31.7 Å². The van der Waals surface area contributed by atoms with Crippen molar-refractivity contribution in [1.82, 2.24) is 15.3 Å². The van der Waals surface area contributed by atoms with Gasteiger partial charge in [0.2, 0.25) is 11.6 Å². The molecule has 4 N–H and O–H groups in total. The van der Waals surface area contributed by atoms with Crippen LogP contribution in [0.4, 0.5) is 23.2 Å². The molecule has 0 saturated carbocycles. The Labute approximate surface area is 189 Å². The van der Waals surface area contributed by atoms with Gasteiger partial charge in [-0.25, -0.2) is 14.4 Å². The molecule has 1 aromatic heterocycles. The third-order valence-corrected chi connectivity index (χ3v) is 4.66. The Hall–Kier alpha value is -2.60. The molecule has 1 aliphatic heterocycles. The molecule has 1 amide bonds. The van der Waals surface area contributed by atoms with Crippen molar-refractivity contribution in [3.05, 3.63) is 63.9 Å². The Morgan fingerprint density at radius 3 is 2.48 bits per heavy atom. The van der Waals surface area contributed by atoms with E-state index < -0.39 is 41.1 Å². The standard InChI is InChI=1S/C18H16BrF4N5O2.ClH/c1-17(2)12(28-14(24)13(30-17)18(21,22)23)10-5-9(3-4-11(10)20)27-16(29)15-25-6-8(19)7-26-15;/h3-7,12,28H,24H2,1-2H3,(H,27,29);1H. The fourth-order valence-corrected chi connectivity index (χ4v) is 3.10. The first-order chi connectivity index (χ1) is 13.9. The van der Waals surface area contributed by atoms with Crippen LogP contribution in [0, 0.1) is 5.82 Å². The van der Waals surface area contributed by atoms with Crippen LogP contribution >= 0.6 is 28.3 Å². The predicted octanol–water partition coefficient (Wildman–Crippen LogP) is 4.18. The maximum absolute atomic E-state index is 14.5. The molecule has 0 aliphatic carbocycles. The van der Waals surface area contributed by atoms with E-state index in [9.17, 15) is 22.4 Å². The number of allylic oxidation sites excluding steroid dienone is 1. The van der Waals surface area contributed by atoms with Crippen LogP contribution in [0.25, 0.3) is 0 Å². The number of ether oxygens (including phenoxy) is 1. The number of nitrogens with zero attached hydrogens (tertiary/aromatic N) is 2. The number of nitrogens with two attached hydrogens (primary N) is 1.